The van der Waals surface area contributed by atoms with Crippen molar-refractivity contribution in [1.29, 1.82) is 0 Å². The van der Waals surface area contributed by atoms with Crippen molar-refractivity contribution < 1.29 is 34.1 Å². The number of carbonyl (C=O) groups is 3. The van der Waals surface area contributed by atoms with Crippen LogP contribution in [0.5, 0.6) is 17.2 Å². The van der Waals surface area contributed by atoms with Crippen LogP contribution >= 0.6 is 0 Å². The van der Waals surface area contributed by atoms with Gasteiger partial charge in [0.25, 0.3) is 0 Å². The average molecular weight is 427 g/mol. The van der Waals surface area contributed by atoms with Crippen LogP contribution in [0.1, 0.15) is 55.1 Å². The second-order valence-corrected chi connectivity index (χ2v) is 8.40. The van der Waals surface area contributed by atoms with Gasteiger partial charge in [0.1, 0.15) is 34.0 Å². The lowest BCUT2D eigenvalue weighted by atomic mass is 9.70. The maximum absolute atomic E-state index is 13.6. The molecule has 3 N–H and O–H groups in total. The summed E-state index contributed by atoms with van der Waals surface area (Å²) in [6, 6.07) is 0. The Labute approximate surface area is 179 Å². The molecule has 1 aromatic rings. The predicted octanol–water partition coefficient (Wildman–Crippen LogP) is 2.34. The first-order valence-corrected chi connectivity index (χ1v) is 10.2. The van der Waals surface area contributed by atoms with E-state index in [4.69, 9.17) is 9.47 Å². The van der Waals surface area contributed by atoms with E-state index in [-0.39, 0.29) is 45.6 Å². The summed E-state index contributed by atoms with van der Waals surface area (Å²) in [7, 11) is 0. The van der Waals surface area contributed by atoms with Gasteiger partial charge in [0.05, 0.1) is 17.2 Å². The molecule has 164 valence electrons. The second kappa shape index (κ2) is 7.23. The topological polar surface area (TPSA) is 122 Å². The Morgan fingerprint density at radius 1 is 1.26 bits per heavy atom. The van der Waals surface area contributed by atoms with E-state index in [2.05, 4.69) is 5.32 Å². The minimum atomic E-state index is -1.50. The first-order chi connectivity index (χ1) is 14.6. The van der Waals surface area contributed by atoms with Gasteiger partial charge in [0.15, 0.2) is 17.3 Å². The molecule has 0 bridgehead atoms. The number of fused-ring (bicyclic) bond motifs is 3. The Balaban J connectivity index is 1.83. The highest BCUT2D eigenvalue weighted by molar-refractivity contribution is 6.31. The summed E-state index contributed by atoms with van der Waals surface area (Å²) in [5.41, 5.74) is -1.09. The molecule has 2 heterocycles. The van der Waals surface area contributed by atoms with Gasteiger partial charge in [0, 0.05) is 30.5 Å². The van der Waals surface area contributed by atoms with Crippen LogP contribution in [0.15, 0.2) is 23.1 Å². The van der Waals surface area contributed by atoms with Crippen LogP contribution in [0.2, 0.25) is 0 Å². The smallest absolute Gasteiger partial charge is 0.194 e. The molecule has 31 heavy (non-hydrogen) atoms. The van der Waals surface area contributed by atoms with Crippen molar-refractivity contribution in [3.05, 3.63) is 39.8 Å². The van der Waals surface area contributed by atoms with Crippen molar-refractivity contribution in [1.82, 2.24) is 5.32 Å². The Hall–Kier alpha value is -3.13. The molecule has 0 spiro atoms. The minimum Gasteiger partial charge on any atom is -0.507 e. The maximum atomic E-state index is 13.6. The number of Topliss-reactive ketones (excluding diaryl/α,β-unsaturated/α-hetero) is 2. The summed E-state index contributed by atoms with van der Waals surface area (Å²) in [6.45, 7) is 7.08. The summed E-state index contributed by atoms with van der Waals surface area (Å²) in [6.07, 6.45) is 3.12. The highest BCUT2D eigenvalue weighted by atomic mass is 16.5. The van der Waals surface area contributed by atoms with E-state index < -0.39 is 28.5 Å². The number of rotatable bonds is 4. The molecule has 8 heteroatoms. The number of phenols is 2. The van der Waals surface area contributed by atoms with E-state index in [1.165, 1.54) is 19.9 Å². The van der Waals surface area contributed by atoms with Crippen LogP contribution in [-0.2, 0) is 19.7 Å². The van der Waals surface area contributed by atoms with E-state index in [9.17, 15) is 24.6 Å². The number of benzene rings is 1. The molecule has 0 saturated carbocycles. The van der Waals surface area contributed by atoms with E-state index >= 15 is 0 Å². The molecule has 0 aromatic heterocycles. The van der Waals surface area contributed by atoms with Crippen LogP contribution in [0, 0.1) is 6.92 Å². The lowest BCUT2D eigenvalue weighted by Gasteiger charge is -2.29. The molecular formula is C23H25NO7. The van der Waals surface area contributed by atoms with Crippen molar-refractivity contribution in [2.45, 2.75) is 52.1 Å². The van der Waals surface area contributed by atoms with Crippen molar-refractivity contribution in [3.63, 3.8) is 0 Å². The summed E-state index contributed by atoms with van der Waals surface area (Å²) in [5.74, 6) is -2.35. The molecule has 1 aliphatic carbocycles. The third kappa shape index (κ3) is 2.96. The second-order valence-electron chi connectivity index (χ2n) is 8.40. The van der Waals surface area contributed by atoms with Gasteiger partial charge in [-0.15, -0.1) is 0 Å². The van der Waals surface area contributed by atoms with Gasteiger partial charge in [-0.3, -0.25) is 14.4 Å². The van der Waals surface area contributed by atoms with Crippen molar-refractivity contribution in [2.75, 3.05) is 13.2 Å². The number of hydrogen-bond donors (Lipinski definition) is 3. The van der Waals surface area contributed by atoms with Crippen molar-refractivity contribution in [3.8, 4) is 17.2 Å². The highest BCUT2D eigenvalue weighted by Crippen LogP contribution is 2.57. The zero-order valence-corrected chi connectivity index (χ0v) is 17.9. The quantitative estimate of drug-likeness (QED) is 0.380. The first kappa shape index (κ1) is 21.1. The van der Waals surface area contributed by atoms with Gasteiger partial charge in [-0.1, -0.05) is 0 Å². The normalized spacial score (nSPS) is 26.2. The Kier molecular flexibility index (Phi) is 4.93. The van der Waals surface area contributed by atoms with Gasteiger partial charge in [-0.2, -0.15) is 0 Å². The van der Waals surface area contributed by atoms with Gasteiger partial charge in [-0.25, -0.2) is 0 Å². The van der Waals surface area contributed by atoms with Gasteiger partial charge in [-0.05, 0) is 40.5 Å². The molecule has 8 nitrogen and oxygen atoms in total. The van der Waals surface area contributed by atoms with Crippen LogP contribution in [-0.4, -0.2) is 46.8 Å². The number of aromatic hydroxyl groups is 2. The summed E-state index contributed by atoms with van der Waals surface area (Å²) in [4.78, 5) is 38.7. The van der Waals surface area contributed by atoms with Crippen molar-refractivity contribution in [2.24, 2.45) is 0 Å². The monoisotopic (exact) mass is 427 g/mol. The predicted molar refractivity (Wildman–Crippen MR) is 110 cm³/mol. The van der Waals surface area contributed by atoms with E-state index in [1.54, 1.807) is 13.8 Å². The third-order valence-corrected chi connectivity index (χ3v) is 6.38. The van der Waals surface area contributed by atoms with Crippen LogP contribution < -0.4 is 10.1 Å². The van der Waals surface area contributed by atoms with Crippen LogP contribution in [0.25, 0.3) is 0 Å². The fourth-order valence-corrected chi connectivity index (χ4v) is 4.52. The molecule has 1 aromatic carbocycles. The lowest BCUT2D eigenvalue weighted by Crippen LogP contribution is -2.41. The summed E-state index contributed by atoms with van der Waals surface area (Å²) >= 11 is 0. The van der Waals surface area contributed by atoms with E-state index in [1.807, 2.05) is 0 Å². The van der Waals surface area contributed by atoms with Gasteiger partial charge in [0.2, 0.25) is 0 Å². The molecule has 2 atom stereocenters. The SMILES string of the molecule is CC(=O)c1c(O)c(C)c(O)c2c1OC1=CC(=O)/C(=C(/C)NCC3CCCO3)C(=O)[C@@]12C. The van der Waals surface area contributed by atoms with Crippen LogP contribution in [0.4, 0.5) is 0 Å². The first-order valence-electron chi connectivity index (χ1n) is 10.2. The molecular weight excluding hydrogens is 402 g/mol. The number of ether oxygens (including phenoxy) is 2. The molecule has 1 fully saturated rings. The number of hydrogen-bond acceptors (Lipinski definition) is 8. The fourth-order valence-electron chi connectivity index (χ4n) is 4.52. The number of carbonyl (C=O) groups excluding carboxylic acids is 3. The van der Waals surface area contributed by atoms with E-state index in [0.717, 1.165) is 12.8 Å². The van der Waals surface area contributed by atoms with Crippen LogP contribution in [0.3, 0.4) is 0 Å². The summed E-state index contributed by atoms with van der Waals surface area (Å²) in [5, 5.41) is 24.3. The molecule has 1 unspecified atom stereocenters. The van der Waals surface area contributed by atoms with Gasteiger partial charge >= 0.3 is 0 Å². The average Bonchev–Trinajstić information content (AvgIpc) is 3.31. The molecule has 0 amide bonds. The number of ketones is 3. The zero-order chi connectivity index (χ0) is 22.7. The molecule has 2 aliphatic heterocycles. The largest absolute Gasteiger partial charge is 0.507 e. The van der Waals surface area contributed by atoms with E-state index in [0.29, 0.717) is 18.8 Å². The molecule has 3 aliphatic rings. The number of nitrogens with one attached hydrogen (secondary N) is 1. The fraction of sp³-hybridized carbons (Fsp3) is 0.435. The maximum Gasteiger partial charge on any atom is 0.194 e. The van der Waals surface area contributed by atoms with Crippen molar-refractivity contribution >= 4 is 17.3 Å². The Bertz CT molecular complexity index is 1090. The molecule has 0 radical (unpaired) electrons. The minimum absolute atomic E-state index is 0.0226. The number of allylic oxidation sites excluding steroid dienone is 4. The standard InChI is InChI=1S/C23H25NO7/c1-10-19(27)17(12(3)25)21-18(20(10)28)23(4)15(31-21)8-14(26)16(22(23)29)11(2)24-9-13-6-5-7-30-13/h8,13,24,27-28H,5-7,9H2,1-4H3/b16-11+/t13?,23-/m0/s1. The zero-order valence-electron chi connectivity index (χ0n) is 17.9. The Morgan fingerprint density at radius 2 is 1.97 bits per heavy atom. The number of phenolic OH excluding ortho intramolecular Hbond substituents is 2. The molecule has 1 saturated heterocycles. The Morgan fingerprint density at radius 3 is 2.58 bits per heavy atom. The highest BCUT2D eigenvalue weighted by Gasteiger charge is 2.56. The lowest BCUT2D eigenvalue weighted by molar-refractivity contribution is -0.123. The third-order valence-electron chi connectivity index (χ3n) is 6.38. The summed E-state index contributed by atoms with van der Waals surface area (Å²) < 4.78 is 11.3. The van der Waals surface area contributed by atoms with Gasteiger partial charge < -0.3 is 25.0 Å². The molecule has 4 rings (SSSR count).